The molecule has 120 valence electrons. The zero-order chi connectivity index (χ0) is 15.7. The summed E-state index contributed by atoms with van der Waals surface area (Å²) in [4.78, 5) is 31.8. The normalized spacial score (nSPS) is 25.5. The second-order valence-corrected chi connectivity index (χ2v) is 5.98. The second-order valence-electron chi connectivity index (χ2n) is 5.98. The van der Waals surface area contributed by atoms with Crippen LogP contribution in [0.5, 0.6) is 0 Å². The number of likely N-dealkylation sites (tertiary alicyclic amines) is 2. The summed E-state index contributed by atoms with van der Waals surface area (Å²) in [6.07, 6.45) is 3.36. The summed E-state index contributed by atoms with van der Waals surface area (Å²) in [5, 5.41) is 3.95. The van der Waals surface area contributed by atoms with Crippen LogP contribution in [0.1, 0.15) is 43.4 Å². The zero-order valence-corrected chi connectivity index (χ0v) is 12.7. The van der Waals surface area contributed by atoms with E-state index in [1.165, 1.54) is 0 Å². The lowest BCUT2D eigenvalue weighted by Gasteiger charge is -2.34. The van der Waals surface area contributed by atoms with Crippen molar-refractivity contribution in [2.75, 3.05) is 19.6 Å². The number of carbonyl (C=O) groups is 2. The Morgan fingerprint density at radius 1 is 1.27 bits per heavy atom. The Bertz CT molecular complexity index is 573. The second kappa shape index (κ2) is 5.94. The molecule has 1 aromatic rings. The Labute approximate surface area is 128 Å². The molecule has 0 unspecified atom stereocenters. The van der Waals surface area contributed by atoms with E-state index in [2.05, 4.69) is 10.1 Å². The van der Waals surface area contributed by atoms with Crippen LogP contribution in [0.15, 0.2) is 4.52 Å². The van der Waals surface area contributed by atoms with E-state index in [1.54, 1.807) is 11.8 Å². The lowest BCUT2D eigenvalue weighted by molar-refractivity contribution is -0.138. The third-order valence-corrected chi connectivity index (χ3v) is 4.46. The first-order valence-corrected chi connectivity index (χ1v) is 7.71. The number of carbonyl (C=O) groups excluding carboxylic acids is 2. The molecule has 0 spiro atoms. The van der Waals surface area contributed by atoms with Gasteiger partial charge in [-0.15, -0.1) is 0 Å². The highest BCUT2D eigenvalue weighted by atomic mass is 16.5. The number of amides is 3. The highest BCUT2D eigenvalue weighted by molar-refractivity contribution is 5.81. The van der Waals surface area contributed by atoms with E-state index >= 15 is 0 Å². The minimum Gasteiger partial charge on any atom is -0.351 e. The fourth-order valence-electron chi connectivity index (χ4n) is 3.36. The number of nitrogens with zero attached hydrogens (tertiary/aromatic N) is 4. The van der Waals surface area contributed by atoms with E-state index in [0.717, 1.165) is 25.7 Å². The van der Waals surface area contributed by atoms with Gasteiger partial charge in [0.25, 0.3) is 0 Å². The lowest BCUT2D eigenvalue weighted by Crippen LogP contribution is -2.48. The summed E-state index contributed by atoms with van der Waals surface area (Å²) in [6.45, 7) is 3.48. The van der Waals surface area contributed by atoms with Gasteiger partial charge in [0.15, 0.2) is 5.82 Å². The van der Waals surface area contributed by atoms with E-state index in [4.69, 9.17) is 10.3 Å². The van der Waals surface area contributed by atoms with Gasteiger partial charge in [0.2, 0.25) is 11.8 Å². The fraction of sp³-hybridized carbons (Fsp3) is 0.714. The standard InChI is InChI=1S/C14H21N5O3/c1-9-16-12(17-22-9)11-5-3-7-19(11)13(20)10-4-2-6-18(8-10)14(15)21/h10-11H,2-8H2,1H3,(H2,15,21)/t10-,11+/m1/s1. The zero-order valence-electron chi connectivity index (χ0n) is 12.7. The molecular formula is C14H21N5O3. The van der Waals surface area contributed by atoms with Gasteiger partial charge in [-0.25, -0.2) is 4.79 Å². The molecule has 2 aliphatic rings. The molecule has 2 aliphatic heterocycles. The summed E-state index contributed by atoms with van der Waals surface area (Å²) < 4.78 is 5.03. The molecule has 8 heteroatoms. The van der Waals surface area contributed by atoms with Crippen molar-refractivity contribution in [3.05, 3.63) is 11.7 Å². The van der Waals surface area contributed by atoms with Crippen LogP contribution in [0.25, 0.3) is 0 Å². The number of aryl methyl sites for hydroxylation is 1. The molecule has 0 bridgehead atoms. The molecule has 22 heavy (non-hydrogen) atoms. The van der Waals surface area contributed by atoms with E-state index in [-0.39, 0.29) is 17.9 Å². The Hall–Kier alpha value is -2.12. The van der Waals surface area contributed by atoms with Crippen molar-refractivity contribution in [3.63, 3.8) is 0 Å². The van der Waals surface area contributed by atoms with Crippen LogP contribution in [0.3, 0.4) is 0 Å². The minimum absolute atomic E-state index is 0.0657. The Balaban J connectivity index is 1.72. The van der Waals surface area contributed by atoms with Crippen LogP contribution in [0.4, 0.5) is 4.79 Å². The SMILES string of the molecule is Cc1nc([C@@H]2CCCN2C(=O)[C@@H]2CCCN(C(N)=O)C2)no1. The molecule has 0 aliphatic carbocycles. The van der Waals surface area contributed by atoms with Crippen LogP contribution < -0.4 is 5.73 Å². The maximum Gasteiger partial charge on any atom is 0.314 e. The Morgan fingerprint density at radius 2 is 2.05 bits per heavy atom. The number of rotatable bonds is 2. The molecule has 2 atom stereocenters. The Kier molecular flexibility index (Phi) is 4.00. The first-order chi connectivity index (χ1) is 10.6. The molecule has 3 heterocycles. The minimum atomic E-state index is -0.454. The molecule has 3 rings (SSSR count). The summed E-state index contributed by atoms with van der Waals surface area (Å²) in [7, 11) is 0. The van der Waals surface area contributed by atoms with Gasteiger partial charge in [0, 0.05) is 26.6 Å². The average Bonchev–Trinajstić information content (AvgIpc) is 3.15. The molecule has 2 saturated heterocycles. The van der Waals surface area contributed by atoms with Crippen LogP contribution >= 0.6 is 0 Å². The first-order valence-electron chi connectivity index (χ1n) is 7.71. The van der Waals surface area contributed by atoms with E-state index in [1.807, 2.05) is 4.90 Å². The van der Waals surface area contributed by atoms with Gasteiger partial charge in [-0.1, -0.05) is 5.16 Å². The van der Waals surface area contributed by atoms with Gasteiger partial charge >= 0.3 is 6.03 Å². The largest absolute Gasteiger partial charge is 0.351 e. The number of nitrogens with two attached hydrogens (primary N) is 1. The number of primary amides is 1. The van der Waals surface area contributed by atoms with Crippen LogP contribution in [0.2, 0.25) is 0 Å². The predicted molar refractivity (Wildman–Crippen MR) is 76.6 cm³/mol. The summed E-state index contributed by atoms with van der Waals surface area (Å²) in [6, 6.07) is -0.571. The van der Waals surface area contributed by atoms with Crippen molar-refractivity contribution in [2.45, 2.75) is 38.6 Å². The molecule has 8 nitrogen and oxygen atoms in total. The maximum absolute atomic E-state index is 12.8. The maximum atomic E-state index is 12.8. The predicted octanol–water partition coefficient (Wildman–Crippen LogP) is 0.832. The molecule has 2 N–H and O–H groups in total. The van der Waals surface area contributed by atoms with Gasteiger partial charge in [-0.05, 0) is 25.7 Å². The summed E-state index contributed by atoms with van der Waals surface area (Å²) >= 11 is 0. The van der Waals surface area contributed by atoms with Gasteiger partial charge in [0.05, 0.1) is 12.0 Å². The van der Waals surface area contributed by atoms with Crippen LogP contribution in [-0.2, 0) is 4.79 Å². The van der Waals surface area contributed by atoms with Crippen molar-refractivity contribution in [1.82, 2.24) is 19.9 Å². The quantitative estimate of drug-likeness (QED) is 0.871. The Morgan fingerprint density at radius 3 is 2.73 bits per heavy atom. The number of hydrogen-bond acceptors (Lipinski definition) is 5. The fourth-order valence-corrected chi connectivity index (χ4v) is 3.36. The van der Waals surface area contributed by atoms with Crippen molar-refractivity contribution < 1.29 is 14.1 Å². The lowest BCUT2D eigenvalue weighted by atomic mass is 9.96. The molecular weight excluding hydrogens is 286 g/mol. The van der Waals surface area contributed by atoms with E-state index < -0.39 is 6.03 Å². The summed E-state index contributed by atoms with van der Waals surface area (Å²) in [5.41, 5.74) is 5.33. The van der Waals surface area contributed by atoms with Crippen LogP contribution in [-0.4, -0.2) is 51.5 Å². The van der Waals surface area contributed by atoms with E-state index in [9.17, 15) is 9.59 Å². The molecule has 0 radical (unpaired) electrons. The van der Waals surface area contributed by atoms with Crippen molar-refractivity contribution in [2.24, 2.45) is 11.7 Å². The van der Waals surface area contributed by atoms with Gasteiger partial charge in [-0.2, -0.15) is 4.98 Å². The highest BCUT2D eigenvalue weighted by Gasteiger charge is 2.38. The van der Waals surface area contributed by atoms with Crippen LogP contribution in [0, 0.1) is 12.8 Å². The van der Waals surface area contributed by atoms with Crippen molar-refractivity contribution in [1.29, 1.82) is 0 Å². The first kappa shape index (κ1) is 14.8. The summed E-state index contributed by atoms with van der Waals surface area (Å²) in [5.74, 6) is 0.962. The van der Waals surface area contributed by atoms with Gasteiger partial charge in [0.1, 0.15) is 0 Å². The third kappa shape index (κ3) is 2.77. The third-order valence-electron chi connectivity index (χ3n) is 4.46. The van der Waals surface area contributed by atoms with Gasteiger partial charge in [-0.3, -0.25) is 4.79 Å². The average molecular weight is 307 g/mol. The smallest absolute Gasteiger partial charge is 0.314 e. The molecule has 2 fully saturated rings. The molecule has 3 amide bonds. The number of piperidine rings is 1. The molecule has 1 aromatic heterocycles. The number of urea groups is 1. The van der Waals surface area contributed by atoms with Gasteiger partial charge < -0.3 is 20.1 Å². The van der Waals surface area contributed by atoms with Crippen molar-refractivity contribution >= 4 is 11.9 Å². The number of hydrogen-bond donors (Lipinski definition) is 1. The number of aromatic nitrogens is 2. The van der Waals surface area contributed by atoms with E-state index in [0.29, 0.717) is 31.3 Å². The molecule has 0 saturated carbocycles. The van der Waals surface area contributed by atoms with Crippen molar-refractivity contribution in [3.8, 4) is 0 Å². The topological polar surface area (TPSA) is 106 Å². The molecule has 0 aromatic carbocycles. The highest BCUT2D eigenvalue weighted by Crippen LogP contribution is 2.32. The monoisotopic (exact) mass is 307 g/mol.